The number of hydrogen-bond acceptors (Lipinski definition) is 5. The second-order valence-corrected chi connectivity index (χ2v) is 8.47. The standard InChI is InChI=1S/C26H26N4O2S/c1-3-32-23-14-12-21(13-15-23)27-25(31)18-33-26-29-28-24(17-20-9-5-4-6-10-20)30(26)22-11-7-8-19(2)16-22/h4-16H,3,17-18H2,1-2H3,(H,27,31). The fourth-order valence-electron chi connectivity index (χ4n) is 3.44. The van der Waals surface area contributed by atoms with Crippen molar-refractivity contribution >= 4 is 23.4 Å². The summed E-state index contributed by atoms with van der Waals surface area (Å²) in [6.45, 7) is 4.60. The summed E-state index contributed by atoms with van der Waals surface area (Å²) in [5.74, 6) is 1.73. The SMILES string of the molecule is CCOc1ccc(NC(=O)CSc2nnc(Cc3ccccc3)n2-c2cccc(C)c2)cc1. The number of aromatic nitrogens is 3. The van der Waals surface area contributed by atoms with Gasteiger partial charge in [0.1, 0.15) is 11.6 Å². The maximum absolute atomic E-state index is 12.6. The number of carbonyl (C=O) groups excluding carboxylic acids is 1. The Morgan fingerprint density at radius 1 is 1.00 bits per heavy atom. The van der Waals surface area contributed by atoms with Crippen molar-refractivity contribution in [3.63, 3.8) is 0 Å². The topological polar surface area (TPSA) is 69.0 Å². The van der Waals surface area contributed by atoms with Gasteiger partial charge >= 0.3 is 0 Å². The van der Waals surface area contributed by atoms with Gasteiger partial charge in [0.25, 0.3) is 0 Å². The van der Waals surface area contributed by atoms with Crippen molar-refractivity contribution in [3.8, 4) is 11.4 Å². The molecule has 1 amide bonds. The molecule has 0 spiro atoms. The summed E-state index contributed by atoms with van der Waals surface area (Å²) in [6, 6.07) is 25.8. The smallest absolute Gasteiger partial charge is 0.234 e. The third-order valence-electron chi connectivity index (χ3n) is 4.95. The molecule has 0 atom stereocenters. The summed E-state index contributed by atoms with van der Waals surface area (Å²) in [5, 5.41) is 12.5. The Labute approximate surface area is 198 Å². The zero-order chi connectivity index (χ0) is 23.0. The fraction of sp³-hybridized carbons (Fsp3) is 0.192. The minimum atomic E-state index is -0.104. The molecule has 1 N–H and O–H groups in total. The Bertz CT molecular complexity index is 1210. The van der Waals surface area contributed by atoms with Crippen LogP contribution in [0.4, 0.5) is 5.69 Å². The molecule has 6 nitrogen and oxygen atoms in total. The van der Waals surface area contributed by atoms with Crippen LogP contribution in [0.5, 0.6) is 5.75 Å². The summed E-state index contributed by atoms with van der Waals surface area (Å²) >= 11 is 1.37. The Kier molecular flexibility index (Phi) is 7.42. The van der Waals surface area contributed by atoms with Crippen molar-refractivity contribution in [2.75, 3.05) is 17.7 Å². The van der Waals surface area contributed by atoms with Crippen LogP contribution in [-0.4, -0.2) is 33.0 Å². The summed E-state index contributed by atoms with van der Waals surface area (Å²) in [7, 11) is 0. The molecule has 0 aliphatic heterocycles. The van der Waals surface area contributed by atoms with Crippen LogP contribution in [0.25, 0.3) is 5.69 Å². The molecule has 0 unspecified atom stereocenters. The minimum absolute atomic E-state index is 0.104. The highest BCUT2D eigenvalue weighted by atomic mass is 32.2. The van der Waals surface area contributed by atoms with Gasteiger partial charge in [-0.2, -0.15) is 0 Å². The number of anilines is 1. The Morgan fingerprint density at radius 2 is 1.79 bits per heavy atom. The monoisotopic (exact) mass is 458 g/mol. The van der Waals surface area contributed by atoms with E-state index in [1.807, 2.05) is 66.1 Å². The number of aryl methyl sites for hydroxylation is 1. The molecule has 7 heteroatoms. The lowest BCUT2D eigenvalue weighted by atomic mass is 10.1. The highest BCUT2D eigenvalue weighted by Gasteiger charge is 2.16. The number of thioether (sulfide) groups is 1. The van der Waals surface area contributed by atoms with Gasteiger partial charge in [-0.05, 0) is 61.4 Å². The highest BCUT2D eigenvalue weighted by Crippen LogP contribution is 2.24. The number of nitrogens with zero attached hydrogens (tertiary/aromatic N) is 3. The van der Waals surface area contributed by atoms with Crippen LogP contribution in [0.2, 0.25) is 0 Å². The Hall–Kier alpha value is -3.58. The maximum atomic E-state index is 12.6. The molecule has 4 aromatic rings. The largest absolute Gasteiger partial charge is 0.494 e. The van der Waals surface area contributed by atoms with E-state index in [2.05, 4.69) is 46.7 Å². The molecule has 168 valence electrons. The van der Waals surface area contributed by atoms with Crippen LogP contribution in [0.3, 0.4) is 0 Å². The van der Waals surface area contributed by atoms with Gasteiger partial charge in [-0.25, -0.2) is 0 Å². The first-order chi connectivity index (χ1) is 16.1. The van der Waals surface area contributed by atoms with Gasteiger partial charge in [0.15, 0.2) is 5.16 Å². The quantitative estimate of drug-likeness (QED) is 0.345. The molecular formula is C26H26N4O2S. The van der Waals surface area contributed by atoms with E-state index < -0.39 is 0 Å². The van der Waals surface area contributed by atoms with Crippen molar-refractivity contribution in [2.45, 2.75) is 25.4 Å². The van der Waals surface area contributed by atoms with E-state index in [0.717, 1.165) is 34.1 Å². The van der Waals surface area contributed by atoms with E-state index in [1.165, 1.54) is 11.8 Å². The zero-order valence-corrected chi connectivity index (χ0v) is 19.5. The fourth-order valence-corrected chi connectivity index (χ4v) is 4.21. The summed E-state index contributed by atoms with van der Waals surface area (Å²) < 4.78 is 7.48. The molecule has 0 aliphatic rings. The second-order valence-electron chi connectivity index (χ2n) is 7.53. The molecule has 0 saturated heterocycles. The Morgan fingerprint density at radius 3 is 2.52 bits per heavy atom. The van der Waals surface area contributed by atoms with Crippen LogP contribution >= 0.6 is 11.8 Å². The van der Waals surface area contributed by atoms with Gasteiger partial charge in [-0.1, -0.05) is 54.2 Å². The van der Waals surface area contributed by atoms with E-state index in [1.54, 1.807) is 0 Å². The van der Waals surface area contributed by atoms with Crippen molar-refractivity contribution < 1.29 is 9.53 Å². The van der Waals surface area contributed by atoms with Gasteiger partial charge in [0, 0.05) is 17.8 Å². The summed E-state index contributed by atoms with van der Waals surface area (Å²) in [6.07, 6.45) is 0.653. The van der Waals surface area contributed by atoms with E-state index in [-0.39, 0.29) is 11.7 Å². The van der Waals surface area contributed by atoms with Crippen LogP contribution in [0.1, 0.15) is 23.9 Å². The van der Waals surface area contributed by atoms with Gasteiger partial charge in [0.2, 0.25) is 5.91 Å². The van der Waals surface area contributed by atoms with Crippen molar-refractivity contribution in [2.24, 2.45) is 0 Å². The van der Waals surface area contributed by atoms with Crippen LogP contribution in [0, 0.1) is 6.92 Å². The van der Waals surface area contributed by atoms with E-state index >= 15 is 0 Å². The lowest BCUT2D eigenvalue weighted by Gasteiger charge is -2.11. The average Bonchev–Trinajstić information content (AvgIpc) is 3.22. The molecule has 3 aromatic carbocycles. The van der Waals surface area contributed by atoms with Crippen LogP contribution < -0.4 is 10.1 Å². The molecule has 33 heavy (non-hydrogen) atoms. The highest BCUT2D eigenvalue weighted by molar-refractivity contribution is 7.99. The van der Waals surface area contributed by atoms with Crippen molar-refractivity contribution in [3.05, 3.63) is 95.8 Å². The summed E-state index contributed by atoms with van der Waals surface area (Å²) in [4.78, 5) is 12.6. The van der Waals surface area contributed by atoms with E-state index in [0.29, 0.717) is 18.2 Å². The van der Waals surface area contributed by atoms with E-state index in [4.69, 9.17) is 4.74 Å². The predicted molar refractivity (Wildman–Crippen MR) is 132 cm³/mol. The van der Waals surface area contributed by atoms with Gasteiger partial charge in [0.05, 0.1) is 12.4 Å². The number of hydrogen-bond donors (Lipinski definition) is 1. The predicted octanol–water partition coefficient (Wildman–Crippen LogP) is 5.30. The number of rotatable bonds is 9. The molecule has 1 aromatic heterocycles. The summed E-state index contributed by atoms with van der Waals surface area (Å²) in [5.41, 5.74) is 4.02. The van der Waals surface area contributed by atoms with Gasteiger partial charge in [-0.3, -0.25) is 9.36 Å². The first kappa shape index (κ1) is 22.6. The molecular weight excluding hydrogens is 432 g/mol. The second kappa shape index (κ2) is 10.8. The third-order valence-corrected chi connectivity index (χ3v) is 5.88. The van der Waals surface area contributed by atoms with Gasteiger partial charge in [-0.15, -0.1) is 10.2 Å². The number of amides is 1. The van der Waals surface area contributed by atoms with E-state index in [9.17, 15) is 4.79 Å². The number of benzene rings is 3. The molecule has 4 rings (SSSR count). The van der Waals surface area contributed by atoms with Crippen LogP contribution in [-0.2, 0) is 11.2 Å². The van der Waals surface area contributed by atoms with Gasteiger partial charge < -0.3 is 10.1 Å². The van der Waals surface area contributed by atoms with Crippen molar-refractivity contribution in [1.82, 2.24) is 14.8 Å². The average molecular weight is 459 g/mol. The molecule has 0 bridgehead atoms. The minimum Gasteiger partial charge on any atom is -0.494 e. The lowest BCUT2D eigenvalue weighted by Crippen LogP contribution is -2.14. The molecule has 0 saturated carbocycles. The maximum Gasteiger partial charge on any atom is 0.234 e. The number of carbonyl (C=O) groups is 1. The zero-order valence-electron chi connectivity index (χ0n) is 18.7. The third kappa shape index (κ3) is 6.02. The number of ether oxygens (including phenoxy) is 1. The van der Waals surface area contributed by atoms with Crippen LogP contribution in [0.15, 0.2) is 84.0 Å². The Balaban J connectivity index is 1.50. The first-order valence-corrected chi connectivity index (χ1v) is 11.8. The molecule has 0 fully saturated rings. The lowest BCUT2D eigenvalue weighted by molar-refractivity contribution is -0.113. The molecule has 0 aliphatic carbocycles. The number of nitrogens with one attached hydrogen (secondary N) is 1. The van der Waals surface area contributed by atoms with Crippen molar-refractivity contribution in [1.29, 1.82) is 0 Å². The normalized spacial score (nSPS) is 10.7. The molecule has 0 radical (unpaired) electrons. The molecule has 1 heterocycles. The first-order valence-electron chi connectivity index (χ1n) is 10.8.